The summed E-state index contributed by atoms with van der Waals surface area (Å²) in [7, 11) is 0. The fraction of sp³-hybridized carbons (Fsp3) is 0.393. The van der Waals surface area contributed by atoms with E-state index in [1.165, 1.54) is 18.2 Å². The molecule has 2 heterocycles. The number of likely N-dealkylation sites (tertiary alicyclic amines) is 1. The third-order valence-electron chi connectivity index (χ3n) is 6.24. The van der Waals surface area contributed by atoms with E-state index in [1.54, 1.807) is 0 Å². The maximum absolute atomic E-state index is 13.2. The summed E-state index contributed by atoms with van der Waals surface area (Å²) in [6.45, 7) is 12.8. The Balaban J connectivity index is 1.47. The van der Waals surface area contributed by atoms with Crippen molar-refractivity contribution in [1.82, 2.24) is 19.7 Å². The van der Waals surface area contributed by atoms with Crippen LogP contribution in [0.3, 0.4) is 0 Å². The number of hydrogen-bond donors (Lipinski definition) is 0. The molecule has 1 aromatic heterocycles. The van der Waals surface area contributed by atoms with E-state index in [0.29, 0.717) is 29.4 Å². The van der Waals surface area contributed by atoms with Crippen LogP contribution in [0.2, 0.25) is 0 Å². The molecule has 184 valence electrons. The summed E-state index contributed by atoms with van der Waals surface area (Å²) in [6, 6.07) is 18.2. The minimum atomic E-state index is -0.243. The van der Waals surface area contributed by atoms with Crippen molar-refractivity contribution < 1.29 is 9.53 Å². The van der Waals surface area contributed by atoms with E-state index in [2.05, 4.69) is 48.8 Å². The minimum Gasteiger partial charge on any atom is -0.485 e. The molecule has 35 heavy (non-hydrogen) atoms. The fourth-order valence-electron chi connectivity index (χ4n) is 4.72. The summed E-state index contributed by atoms with van der Waals surface area (Å²) in [5.41, 5.74) is 2.13. The van der Waals surface area contributed by atoms with Crippen LogP contribution < -0.4 is 4.74 Å². The molecule has 7 heteroatoms. The predicted molar refractivity (Wildman–Crippen MR) is 141 cm³/mol. The molecule has 0 aliphatic carbocycles. The van der Waals surface area contributed by atoms with E-state index in [0.717, 1.165) is 30.0 Å². The van der Waals surface area contributed by atoms with Gasteiger partial charge in [-0.3, -0.25) is 9.36 Å². The van der Waals surface area contributed by atoms with Crippen LogP contribution in [0.5, 0.6) is 5.75 Å². The topological polar surface area (TPSA) is 60.2 Å². The molecule has 0 radical (unpaired) electrons. The average Bonchev–Trinajstić information content (AvgIpc) is 3.23. The summed E-state index contributed by atoms with van der Waals surface area (Å²) >= 11 is 1.45. The summed E-state index contributed by atoms with van der Waals surface area (Å²) in [5.74, 6) is 2.72. The Morgan fingerprint density at radius 2 is 1.80 bits per heavy atom. The minimum absolute atomic E-state index is 0.163. The predicted octanol–water partition coefficient (Wildman–Crippen LogP) is 5.70. The Labute approximate surface area is 212 Å². The third-order valence-corrected chi connectivity index (χ3v) is 7.31. The van der Waals surface area contributed by atoms with Crippen molar-refractivity contribution in [3.05, 3.63) is 73.1 Å². The SMILES string of the molecule is C=CCn1c(COc2ccccc2-c2ccccc2)nnc1S[C@H](C)C(=O)N1C[C@@H](C)C[C@H](C)C1. The molecule has 6 nitrogen and oxygen atoms in total. The van der Waals surface area contributed by atoms with Crippen LogP contribution in [-0.2, 0) is 17.9 Å². The van der Waals surface area contributed by atoms with Crippen molar-refractivity contribution >= 4 is 17.7 Å². The average molecular weight is 491 g/mol. The van der Waals surface area contributed by atoms with E-state index in [9.17, 15) is 4.79 Å². The second kappa shape index (κ2) is 11.6. The summed E-state index contributed by atoms with van der Waals surface area (Å²) in [4.78, 5) is 15.2. The van der Waals surface area contributed by atoms with Gasteiger partial charge in [-0.05, 0) is 36.8 Å². The third kappa shape index (κ3) is 6.14. The Morgan fingerprint density at radius 1 is 1.11 bits per heavy atom. The van der Waals surface area contributed by atoms with Gasteiger partial charge in [0.15, 0.2) is 11.0 Å². The first kappa shape index (κ1) is 25.0. The van der Waals surface area contributed by atoms with Gasteiger partial charge in [-0.1, -0.05) is 80.2 Å². The van der Waals surface area contributed by atoms with Gasteiger partial charge in [0.25, 0.3) is 0 Å². The van der Waals surface area contributed by atoms with Gasteiger partial charge in [0, 0.05) is 25.2 Å². The van der Waals surface area contributed by atoms with Crippen LogP contribution in [0.15, 0.2) is 72.4 Å². The van der Waals surface area contributed by atoms with Gasteiger partial charge < -0.3 is 9.64 Å². The quantitative estimate of drug-likeness (QED) is 0.285. The number of piperidine rings is 1. The molecule has 0 N–H and O–H groups in total. The van der Waals surface area contributed by atoms with Crippen molar-refractivity contribution in [3.8, 4) is 16.9 Å². The fourth-order valence-corrected chi connectivity index (χ4v) is 5.69. The lowest BCUT2D eigenvalue weighted by atomic mass is 9.92. The summed E-state index contributed by atoms with van der Waals surface area (Å²) in [5, 5.41) is 9.26. The molecule has 0 spiro atoms. The molecule has 3 aromatic rings. The second-order valence-electron chi connectivity index (χ2n) is 9.40. The number of carbonyl (C=O) groups is 1. The van der Waals surface area contributed by atoms with Crippen molar-refractivity contribution in [1.29, 1.82) is 0 Å². The molecule has 0 saturated carbocycles. The number of allylic oxidation sites excluding steroid dienone is 1. The van der Waals surface area contributed by atoms with Gasteiger partial charge >= 0.3 is 0 Å². The first-order valence-electron chi connectivity index (χ1n) is 12.2. The van der Waals surface area contributed by atoms with E-state index in [1.807, 2.05) is 58.9 Å². The standard InChI is InChI=1S/C28H34N4O2S/c1-5-15-32-26(19-34-25-14-10-9-13-24(25)23-11-7-6-8-12-23)29-30-28(32)35-22(4)27(33)31-17-20(2)16-21(3)18-31/h5-14,20-22H,1,15-19H2,2-4H3/t20-,21-,22+/m0/s1. The number of hydrogen-bond acceptors (Lipinski definition) is 5. The summed E-state index contributed by atoms with van der Waals surface area (Å²) in [6.07, 6.45) is 2.99. The van der Waals surface area contributed by atoms with Crippen molar-refractivity contribution in [2.24, 2.45) is 11.8 Å². The van der Waals surface area contributed by atoms with Crippen LogP contribution >= 0.6 is 11.8 Å². The number of nitrogens with zero attached hydrogens (tertiary/aromatic N) is 4. The highest BCUT2D eigenvalue weighted by Gasteiger charge is 2.29. The Bertz CT molecular complexity index is 1140. The van der Waals surface area contributed by atoms with Gasteiger partial charge in [-0.15, -0.1) is 16.8 Å². The van der Waals surface area contributed by atoms with Gasteiger partial charge in [0.2, 0.25) is 5.91 Å². The molecule has 4 rings (SSSR count). The lowest BCUT2D eigenvalue weighted by Gasteiger charge is -2.36. The lowest BCUT2D eigenvalue weighted by Crippen LogP contribution is -2.45. The lowest BCUT2D eigenvalue weighted by molar-refractivity contribution is -0.132. The van der Waals surface area contributed by atoms with Crippen molar-refractivity contribution in [2.75, 3.05) is 13.1 Å². The second-order valence-corrected chi connectivity index (χ2v) is 10.7. The molecule has 1 fully saturated rings. The molecule has 0 bridgehead atoms. The molecule has 2 aromatic carbocycles. The number of ether oxygens (including phenoxy) is 1. The van der Waals surface area contributed by atoms with Crippen LogP contribution in [0.1, 0.15) is 33.0 Å². The zero-order valence-corrected chi connectivity index (χ0v) is 21.6. The van der Waals surface area contributed by atoms with Crippen LogP contribution in [-0.4, -0.2) is 43.9 Å². The number of carbonyl (C=O) groups excluding carboxylic acids is 1. The van der Waals surface area contributed by atoms with E-state index < -0.39 is 0 Å². The smallest absolute Gasteiger partial charge is 0.235 e. The molecule has 3 atom stereocenters. The zero-order valence-electron chi connectivity index (χ0n) is 20.8. The first-order chi connectivity index (χ1) is 17.0. The maximum atomic E-state index is 13.2. The first-order valence-corrected chi connectivity index (χ1v) is 13.1. The van der Waals surface area contributed by atoms with E-state index >= 15 is 0 Å². The van der Waals surface area contributed by atoms with E-state index in [4.69, 9.17) is 4.74 Å². The normalized spacial score (nSPS) is 18.8. The monoisotopic (exact) mass is 490 g/mol. The number of aromatic nitrogens is 3. The number of amides is 1. The zero-order chi connectivity index (χ0) is 24.8. The highest BCUT2D eigenvalue weighted by atomic mass is 32.2. The molecule has 1 aliphatic rings. The Hall–Kier alpha value is -3.06. The summed E-state index contributed by atoms with van der Waals surface area (Å²) < 4.78 is 8.19. The van der Waals surface area contributed by atoms with Crippen molar-refractivity contribution in [3.63, 3.8) is 0 Å². The molecule has 1 amide bonds. The van der Waals surface area contributed by atoms with Crippen molar-refractivity contribution in [2.45, 2.75) is 50.8 Å². The van der Waals surface area contributed by atoms with Crippen LogP contribution in [0.4, 0.5) is 0 Å². The number of rotatable bonds is 9. The highest BCUT2D eigenvalue weighted by molar-refractivity contribution is 8.00. The largest absolute Gasteiger partial charge is 0.485 e. The Morgan fingerprint density at radius 3 is 2.51 bits per heavy atom. The van der Waals surface area contributed by atoms with Gasteiger partial charge in [0.05, 0.1) is 5.25 Å². The van der Waals surface area contributed by atoms with Gasteiger partial charge in [-0.25, -0.2) is 0 Å². The van der Waals surface area contributed by atoms with Gasteiger partial charge in [0.1, 0.15) is 12.4 Å². The van der Waals surface area contributed by atoms with Crippen LogP contribution in [0.25, 0.3) is 11.1 Å². The molecule has 0 unspecified atom stereocenters. The van der Waals surface area contributed by atoms with E-state index in [-0.39, 0.29) is 17.8 Å². The van der Waals surface area contributed by atoms with Crippen LogP contribution in [0, 0.1) is 11.8 Å². The number of para-hydroxylation sites is 1. The highest BCUT2D eigenvalue weighted by Crippen LogP contribution is 2.31. The Kier molecular flexibility index (Phi) is 8.29. The van der Waals surface area contributed by atoms with Gasteiger partial charge in [-0.2, -0.15) is 0 Å². The maximum Gasteiger partial charge on any atom is 0.235 e. The molecular weight excluding hydrogens is 456 g/mol. The molecule has 1 aliphatic heterocycles. The molecular formula is C28H34N4O2S. The molecule has 1 saturated heterocycles. The number of benzene rings is 2. The number of thioether (sulfide) groups is 1.